The zero-order valence-corrected chi connectivity index (χ0v) is 20.4. The topological polar surface area (TPSA) is 69.6 Å². The van der Waals surface area contributed by atoms with Crippen LogP contribution in [0.5, 0.6) is 0 Å². The van der Waals surface area contributed by atoms with Crippen molar-refractivity contribution in [1.82, 2.24) is 0 Å². The summed E-state index contributed by atoms with van der Waals surface area (Å²) in [7, 11) is 0. The van der Waals surface area contributed by atoms with Crippen LogP contribution in [0, 0.1) is 0 Å². The van der Waals surface area contributed by atoms with E-state index in [9.17, 15) is 14.7 Å². The third kappa shape index (κ3) is 4.69. The lowest BCUT2D eigenvalue weighted by Gasteiger charge is -2.40. The molecule has 1 amide bonds. The van der Waals surface area contributed by atoms with Crippen molar-refractivity contribution in [2.75, 3.05) is 10.2 Å². The summed E-state index contributed by atoms with van der Waals surface area (Å²) in [4.78, 5) is 25.6. The van der Waals surface area contributed by atoms with Gasteiger partial charge in [-0.25, -0.2) is 4.79 Å². The van der Waals surface area contributed by atoms with Crippen molar-refractivity contribution in [3.05, 3.63) is 83.4 Å². The van der Waals surface area contributed by atoms with Crippen molar-refractivity contribution in [1.29, 1.82) is 0 Å². The lowest BCUT2D eigenvalue weighted by Crippen LogP contribution is -2.43. The van der Waals surface area contributed by atoms with E-state index in [-0.39, 0.29) is 29.0 Å². The fourth-order valence-electron chi connectivity index (χ4n) is 4.73. The van der Waals surface area contributed by atoms with Gasteiger partial charge in [-0.2, -0.15) is 0 Å². The van der Waals surface area contributed by atoms with Crippen LogP contribution in [0.25, 0.3) is 11.1 Å². The zero-order valence-electron chi connectivity index (χ0n) is 20.4. The molecule has 34 heavy (non-hydrogen) atoms. The minimum Gasteiger partial charge on any atom is -0.478 e. The molecule has 0 bridgehead atoms. The minimum absolute atomic E-state index is 0.0280. The van der Waals surface area contributed by atoms with Gasteiger partial charge in [-0.05, 0) is 77.4 Å². The molecule has 1 aliphatic rings. The maximum absolute atomic E-state index is 12.5. The number of nitrogens with one attached hydrogen (secondary N) is 1. The van der Waals surface area contributed by atoms with E-state index in [0.717, 1.165) is 34.5 Å². The standard InChI is InChI=1S/C29H32N2O3/c1-18-16-26(30-24-13-11-23(12-14-24)29(3,4)5)25-17-22(10-15-27(25)31(18)19(2)32)20-6-8-21(9-7-20)28(33)34/h6-15,17-18,26,30H,16H2,1-5H3,(H,33,34)/t18-,26+/m1/s1. The van der Waals surface area contributed by atoms with Crippen LogP contribution < -0.4 is 10.2 Å². The Balaban J connectivity index is 1.71. The summed E-state index contributed by atoms with van der Waals surface area (Å²) < 4.78 is 0. The van der Waals surface area contributed by atoms with Crippen molar-refractivity contribution >= 4 is 23.3 Å². The molecule has 0 saturated heterocycles. The highest BCUT2D eigenvalue weighted by atomic mass is 16.4. The Bertz CT molecular complexity index is 1210. The summed E-state index contributed by atoms with van der Waals surface area (Å²) in [5.74, 6) is -0.912. The van der Waals surface area contributed by atoms with E-state index in [1.807, 2.05) is 29.2 Å². The van der Waals surface area contributed by atoms with Crippen molar-refractivity contribution in [2.24, 2.45) is 0 Å². The third-order valence-corrected chi connectivity index (χ3v) is 6.58. The number of fused-ring (bicyclic) bond motifs is 1. The van der Waals surface area contributed by atoms with Gasteiger partial charge >= 0.3 is 5.97 Å². The molecule has 2 atom stereocenters. The first-order valence-electron chi connectivity index (χ1n) is 11.7. The van der Waals surface area contributed by atoms with Crippen molar-refractivity contribution < 1.29 is 14.7 Å². The minimum atomic E-state index is -0.940. The highest BCUT2D eigenvalue weighted by Gasteiger charge is 2.32. The largest absolute Gasteiger partial charge is 0.478 e. The van der Waals surface area contributed by atoms with Crippen molar-refractivity contribution in [2.45, 2.75) is 58.5 Å². The first-order valence-corrected chi connectivity index (χ1v) is 11.7. The van der Waals surface area contributed by atoms with Gasteiger partial charge in [0.25, 0.3) is 0 Å². The average Bonchev–Trinajstić information content (AvgIpc) is 2.78. The highest BCUT2D eigenvalue weighted by Crippen LogP contribution is 2.41. The van der Waals surface area contributed by atoms with Gasteiger partial charge in [0, 0.05) is 24.3 Å². The summed E-state index contributed by atoms with van der Waals surface area (Å²) in [5, 5.41) is 12.9. The number of hydrogen-bond donors (Lipinski definition) is 2. The van der Waals surface area contributed by atoms with Crippen LogP contribution in [0.15, 0.2) is 66.7 Å². The van der Waals surface area contributed by atoms with Crippen LogP contribution in [-0.4, -0.2) is 23.0 Å². The van der Waals surface area contributed by atoms with Crippen LogP contribution in [0.4, 0.5) is 11.4 Å². The predicted molar refractivity (Wildman–Crippen MR) is 138 cm³/mol. The summed E-state index contributed by atoms with van der Waals surface area (Å²) in [5.41, 5.74) is 6.59. The predicted octanol–water partition coefficient (Wildman–Crippen LogP) is 6.65. The maximum atomic E-state index is 12.5. The fourth-order valence-corrected chi connectivity index (χ4v) is 4.73. The van der Waals surface area contributed by atoms with E-state index >= 15 is 0 Å². The van der Waals surface area contributed by atoms with Crippen LogP contribution in [-0.2, 0) is 10.2 Å². The SMILES string of the molecule is CC(=O)N1c2ccc(-c3ccc(C(=O)O)cc3)cc2[C@@H](Nc2ccc(C(C)(C)C)cc2)C[C@H]1C. The molecule has 1 aliphatic heterocycles. The third-order valence-electron chi connectivity index (χ3n) is 6.58. The molecule has 0 unspecified atom stereocenters. The van der Waals surface area contributed by atoms with Gasteiger partial charge in [-0.1, -0.05) is 51.1 Å². The number of hydrogen-bond acceptors (Lipinski definition) is 3. The number of carboxylic acid groups (broad SMARTS) is 1. The van der Waals surface area contributed by atoms with Gasteiger partial charge < -0.3 is 15.3 Å². The summed E-state index contributed by atoms with van der Waals surface area (Å²) >= 11 is 0. The molecule has 176 valence electrons. The van der Waals surface area contributed by atoms with Crippen LogP contribution in [0.3, 0.4) is 0 Å². The van der Waals surface area contributed by atoms with E-state index in [4.69, 9.17) is 0 Å². The molecule has 0 spiro atoms. The van der Waals surface area contributed by atoms with Gasteiger partial charge in [-0.3, -0.25) is 4.79 Å². The Kier molecular flexibility index (Phi) is 6.22. The molecule has 0 radical (unpaired) electrons. The Hall–Kier alpha value is -3.60. The van der Waals surface area contributed by atoms with E-state index < -0.39 is 5.97 Å². The molecule has 0 saturated carbocycles. The molecule has 3 aromatic carbocycles. The molecule has 0 aliphatic carbocycles. The lowest BCUT2D eigenvalue weighted by atomic mass is 9.86. The van der Waals surface area contributed by atoms with Gasteiger partial charge in [0.05, 0.1) is 11.6 Å². The van der Waals surface area contributed by atoms with Crippen LogP contribution >= 0.6 is 0 Å². The number of aromatic carboxylic acids is 1. The number of amides is 1. The first kappa shape index (κ1) is 23.6. The van der Waals surface area contributed by atoms with E-state index in [1.54, 1.807) is 19.1 Å². The summed E-state index contributed by atoms with van der Waals surface area (Å²) in [6, 6.07) is 21.7. The van der Waals surface area contributed by atoms with Gasteiger partial charge in [0.15, 0.2) is 0 Å². The van der Waals surface area contributed by atoms with Gasteiger partial charge in [0.1, 0.15) is 0 Å². The Morgan fingerprint density at radius 3 is 2.12 bits per heavy atom. The lowest BCUT2D eigenvalue weighted by molar-refractivity contribution is -0.117. The van der Waals surface area contributed by atoms with Crippen LogP contribution in [0.2, 0.25) is 0 Å². The second-order valence-electron chi connectivity index (χ2n) is 10.2. The molecule has 1 heterocycles. The average molecular weight is 457 g/mol. The Morgan fingerprint density at radius 2 is 1.56 bits per heavy atom. The molecular formula is C29H32N2O3. The molecule has 3 aromatic rings. The van der Waals surface area contributed by atoms with E-state index in [2.05, 4.69) is 63.3 Å². The molecular weight excluding hydrogens is 424 g/mol. The smallest absolute Gasteiger partial charge is 0.335 e. The van der Waals surface area contributed by atoms with Gasteiger partial charge in [-0.15, -0.1) is 0 Å². The second kappa shape index (κ2) is 8.98. The monoisotopic (exact) mass is 456 g/mol. The van der Waals surface area contributed by atoms with Crippen molar-refractivity contribution in [3.8, 4) is 11.1 Å². The zero-order chi connectivity index (χ0) is 24.6. The van der Waals surface area contributed by atoms with Crippen molar-refractivity contribution in [3.63, 3.8) is 0 Å². The van der Waals surface area contributed by atoms with E-state index in [1.165, 1.54) is 5.56 Å². The van der Waals surface area contributed by atoms with Crippen LogP contribution in [0.1, 0.15) is 68.6 Å². The van der Waals surface area contributed by atoms with E-state index in [0.29, 0.717) is 0 Å². The van der Waals surface area contributed by atoms with Gasteiger partial charge in [0.2, 0.25) is 5.91 Å². The molecule has 0 fully saturated rings. The molecule has 2 N–H and O–H groups in total. The number of nitrogens with zero attached hydrogens (tertiary/aromatic N) is 1. The first-order chi connectivity index (χ1) is 16.0. The summed E-state index contributed by atoms with van der Waals surface area (Å²) in [6.07, 6.45) is 0.787. The quantitative estimate of drug-likeness (QED) is 0.461. The number of benzene rings is 3. The second-order valence-corrected chi connectivity index (χ2v) is 10.2. The highest BCUT2D eigenvalue weighted by molar-refractivity contribution is 5.94. The number of anilines is 2. The molecule has 5 heteroatoms. The molecule has 4 rings (SSSR count). The number of carbonyl (C=O) groups is 2. The number of carboxylic acids is 1. The molecule has 5 nitrogen and oxygen atoms in total. The number of carbonyl (C=O) groups excluding carboxylic acids is 1. The number of rotatable bonds is 4. The summed E-state index contributed by atoms with van der Waals surface area (Å²) in [6.45, 7) is 10.3. The molecule has 0 aromatic heterocycles. The normalized spacial score (nSPS) is 17.7. The Morgan fingerprint density at radius 1 is 0.941 bits per heavy atom. The maximum Gasteiger partial charge on any atom is 0.335 e. The Labute approximate surface area is 201 Å². The fraction of sp³-hybridized carbons (Fsp3) is 0.310.